The van der Waals surface area contributed by atoms with Crippen molar-refractivity contribution in [1.29, 1.82) is 0 Å². The van der Waals surface area contributed by atoms with Gasteiger partial charge in [-0.3, -0.25) is 14.5 Å². The molecule has 1 fully saturated rings. The molecular formula is C31H32N6O4S. The number of carbonyl (C=O) groups is 1. The van der Waals surface area contributed by atoms with Gasteiger partial charge in [-0.1, -0.05) is 11.3 Å². The molecule has 1 aliphatic carbocycles. The average molecular weight is 585 g/mol. The van der Waals surface area contributed by atoms with Crippen molar-refractivity contribution >= 4 is 38.6 Å². The summed E-state index contributed by atoms with van der Waals surface area (Å²) in [5.41, 5.74) is 4.32. The molecule has 2 aliphatic rings. The van der Waals surface area contributed by atoms with Crippen molar-refractivity contribution in [3.05, 3.63) is 80.2 Å². The van der Waals surface area contributed by atoms with Crippen LogP contribution < -0.4 is 10.3 Å². The normalized spacial score (nSPS) is 17.2. The van der Waals surface area contributed by atoms with Gasteiger partial charge in [-0.2, -0.15) is 0 Å². The second kappa shape index (κ2) is 9.47. The number of hydrogen-bond acceptors (Lipinski definition) is 8. The van der Waals surface area contributed by atoms with Crippen molar-refractivity contribution in [3.63, 3.8) is 0 Å². The van der Waals surface area contributed by atoms with E-state index in [2.05, 4.69) is 48.8 Å². The lowest BCUT2D eigenvalue weighted by Gasteiger charge is -2.33. The van der Waals surface area contributed by atoms with E-state index >= 15 is 0 Å². The first-order valence-corrected chi connectivity index (χ1v) is 14.9. The van der Waals surface area contributed by atoms with Crippen LogP contribution in [0.3, 0.4) is 0 Å². The van der Waals surface area contributed by atoms with Crippen molar-refractivity contribution in [1.82, 2.24) is 29.9 Å². The summed E-state index contributed by atoms with van der Waals surface area (Å²) < 4.78 is 9.19. The van der Waals surface area contributed by atoms with Crippen LogP contribution in [0.4, 0.5) is 0 Å². The number of aryl methyl sites for hydroxylation is 2. The second-order valence-corrected chi connectivity index (χ2v) is 13.2. The van der Waals surface area contributed by atoms with Gasteiger partial charge in [0.25, 0.3) is 0 Å². The zero-order valence-electron chi connectivity index (χ0n) is 24.0. The predicted molar refractivity (Wildman–Crippen MR) is 160 cm³/mol. The highest BCUT2D eigenvalue weighted by molar-refractivity contribution is 7.17. The summed E-state index contributed by atoms with van der Waals surface area (Å²) in [4.78, 5) is 34.9. The molecule has 1 aliphatic heterocycles. The Morgan fingerprint density at radius 2 is 2.07 bits per heavy atom. The number of carboxylic acids is 1. The van der Waals surface area contributed by atoms with Gasteiger partial charge >= 0.3 is 5.97 Å². The van der Waals surface area contributed by atoms with E-state index in [-0.39, 0.29) is 11.2 Å². The first-order valence-electron chi connectivity index (χ1n) is 14.1. The Labute approximate surface area is 246 Å². The zero-order chi connectivity index (χ0) is 29.4. The summed E-state index contributed by atoms with van der Waals surface area (Å²) in [5.74, 6) is -0.634. The Bertz CT molecular complexity index is 1940. The molecule has 1 atom stereocenters. The molecule has 10 nitrogen and oxygen atoms in total. The average Bonchev–Trinajstić information content (AvgIpc) is 3.36. The van der Waals surface area contributed by atoms with Crippen LogP contribution in [-0.4, -0.2) is 53.1 Å². The molecule has 5 heterocycles. The number of aromatic nitrogens is 5. The van der Waals surface area contributed by atoms with Crippen LogP contribution in [0.25, 0.3) is 21.3 Å². The van der Waals surface area contributed by atoms with Crippen molar-refractivity contribution in [2.24, 2.45) is 12.5 Å². The van der Waals surface area contributed by atoms with E-state index in [1.165, 1.54) is 10.8 Å². The number of fused-ring (bicyclic) bond motifs is 3. The van der Waals surface area contributed by atoms with Crippen LogP contribution >= 0.6 is 11.3 Å². The second-order valence-electron chi connectivity index (χ2n) is 12.3. The summed E-state index contributed by atoms with van der Waals surface area (Å²) in [6.07, 6.45) is 3.73. The minimum atomic E-state index is -1.14. The lowest BCUT2D eigenvalue weighted by molar-refractivity contribution is -0.147. The number of aliphatic carboxylic acids is 1. The Kier molecular flexibility index (Phi) is 6.04. The molecule has 0 radical (unpaired) electrons. The van der Waals surface area contributed by atoms with E-state index in [9.17, 15) is 14.7 Å². The van der Waals surface area contributed by atoms with Crippen molar-refractivity contribution in [2.75, 3.05) is 6.54 Å². The number of pyridine rings is 2. The molecule has 0 bridgehead atoms. The minimum Gasteiger partial charge on any atom is -0.484 e. The van der Waals surface area contributed by atoms with Gasteiger partial charge in [-0.15, -0.1) is 16.4 Å². The van der Waals surface area contributed by atoms with Gasteiger partial charge in [-0.25, -0.2) is 9.67 Å². The standard InChI is InChI=1S/C31H32N6O4S/c1-17-21(13-32-28-26(17)34-35-36(28)4)25(30(2,3)29(39)40)19-11-18-7-10-42-27(18)20(12-19)14-37-15-22-23(5-6-24(38)33-22)41-31(16-37)8-9-31/h5-7,10-13,25H,8-9,14-16H2,1-4H3,(H,33,38)(H,39,40). The molecule has 5 aromatic rings. The van der Waals surface area contributed by atoms with Crippen molar-refractivity contribution in [2.45, 2.75) is 58.2 Å². The van der Waals surface area contributed by atoms with Crippen LogP contribution in [0.2, 0.25) is 0 Å². The summed E-state index contributed by atoms with van der Waals surface area (Å²) in [6, 6.07) is 9.66. The molecule has 1 aromatic carbocycles. The van der Waals surface area contributed by atoms with Crippen molar-refractivity contribution < 1.29 is 14.6 Å². The highest BCUT2D eigenvalue weighted by Crippen LogP contribution is 2.46. The third kappa shape index (κ3) is 4.38. The maximum absolute atomic E-state index is 12.8. The smallest absolute Gasteiger partial charge is 0.310 e. The van der Waals surface area contributed by atoms with Gasteiger partial charge in [0.1, 0.15) is 16.9 Å². The highest BCUT2D eigenvalue weighted by Gasteiger charge is 2.49. The quantitative estimate of drug-likeness (QED) is 0.293. The molecule has 0 amide bonds. The Morgan fingerprint density at radius 1 is 1.26 bits per heavy atom. The first-order chi connectivity index (χ1) is 20.0. The number of nitrogens with one attached hydrogen (secondary N) is 1. The number of nitrogens with zero attached hydrogens (tertiary/aromatic N) is 5. The molecule has 2 N–H and O–H groups in total. The SMILES string of the molecule is Cc1c(C(c2cc(CN3Cc4[nH]c(=O)ccc4OC4(CC4)C3)c3sccc3c2)C(C)(C)C(=O)O)cnc2c1nnn2C. The number of ether oxygens (including phenoxy) is 1. The van der Waals surface area contributed by atoms with Gasteiger partial charge in [0.2, 0.25) is 5.56 Å². The van der Waals surface area contributed by atoms with Gasteiger partial charge in [0, 0.05) is 49.6 Å². The van der Waals surface area contributed by atoms with Crippen LogP contribution in [0.1, 0.15) is 60.6 Å². The number of benzene rings is 1. The summed E-state index contributed by atoms with van der Waals surface area (Å²) in [7, 11) is 1.80. The van der Waals surface area contributed by atoms with E-state index in [0.717, 1.165) is 58.5 Å². The molecule has 11 heteroatoms. The summed E-state index contributed by atoms with van der Waals surface area (Å²) >= 11 is 1.68. The molecular weight excluding hydrogens is 552 g/mol. The van der Waals surface area contributed by atoms with Gasteiger partial charge in [-0.05, 0) is 84.8 Å². The number of H-pyrrole nitrogens is 1. The number of aromatic amines is 1. The fourth-order valence-electron chi connectivity index (χ4n) is 6.39. The van der Waals surface area contributed by atoms with Crippen LogP contribution in [0, 0.1) is 12.3 Å². The molecule has 1 saturated carbocycles. The van der Waals surface area contributed by atoms with Crippen LogP contribution in [0.5, 0.6) is 5.75 Å². The summed E-state index contributed by atoms with van der Waals surface area (Å²) in [5, 5.41) is 22.1. The van der Waals surface area contributed by atoms with Gasteiger partial charge < -0.3 is 14.8 Å². The third-order valence-electron chi connectivity index (χ3n) is 8.86. The molecule has 1 unspecified atom stereocenters. The van der Waals surface area contributed by atoms with E-state index < -0.39 is 17.3 Å². The number of carboxylic acid groups (broad SMARTS) is 1. The Hall–Kier alpha value is -4.09. The van der Waals surface area contributed by atoms with E-state index in [1.54, 1.807) is 49.2 Å². The maximum Gasteiger partial charge on any atom is 0.310 e. The van der Waals surface area contributed by atoms with Gasteiger partial charge in [0.05, 0.1) is 11.1 Å². The van der Waals surface area contributed by atoms with E-state index in [1.807, 2.05) is 6.92 Å². The van der Waals surface area contributed by atoms with E-state index in [4.69, 9.17) is 4.74 Å². The Balaban J connectivity index is 1.35. The third-order valence-corrected chi connectivity index (χ3v) is 9.86. The van der Waals surface area contributed by atoms with Crippen LogP contribution in [0.15, 0.2) is 46.7 Å². The number of thiophene rings is 1. The molecule has 216 valence electrons. The number of rotatable bonds is 6. The molecule has 7 rings (SSSR count). The largest absolute Gasteiger partial charge is 0.484 e. The molecule has 4 aromatic heterocycles. The Morgan fingerprint density at radius 3 is 2.83 bits per heavy atom. The lowest BCUT2D eigenvalue weighted by atomic mass is 9.70. The molecule has 42 heavy (non-hydrogen) atoms. The van der Waals surface area contributed by atoms with E-state index in [0.29, 0.717) is 24.3 Å². The maximum atomic E-state index is 12.8. The monoisotopic (exact) mass is 584 g/mol. The molecule has 0 saturated heterocycles. The lowest BCUT2D eigenvalue weighted by Crippen LogP contribution is -2.34. The van der Waals surface area contributed by atoms with Crippen LogP contribution in [-0.2, 0) is 24.9 Å². The van der Waals surface area contributed by atoms with Crippen molar-refractivity contribution in [3.8, 4) is 5.75 Å². The first kappa shape index (κ1) is 26.8. The zero-order valence-corrected chi connectivity index (χ0v) is 24.8. The molecule has 1 spiro atoms. The fraction of sp³-hybridized carbons (Fsp3) is 0.387. The fourth-order valence-corrected chi connectivity index (χ4v) is 7.28. The highest BCUT2D eigenvalue weighted by atomic mass is 32.1. The predicted octanol–water partition coefficient (Wildman–Crippen LogP) is 4.74. The topological polar surface area (TPSA) is 126 Å². The minimum absolute atomic E-state index is 0.144. The summed E-state index contributed by atoms with van der Waals surface area (Å²) in [6.45, 7) is 7.44. The number of hydrogen-bond donors (Lipinski definition) is 2. The van der Waals surface area contributed by atoms with Gasteiger partial charge in [0.15, 0.2) is 5.65 Å².